The van der Waals surface area contributed by atoms with Gasteiger partial charge in [0.05, 0.1) is 23.7 Å². The van der Waals surface area contributed by atoms with Crippen LogP contribution in [0.3, 0.4) is 0 Å². The lowest BCUT2D eigenvalue weighted by molar-refractivity contribution is 0.101. The zero-order valence-corrected chi connectivity index (χ0v) is 11.7. The van der Waals surface area contributed by atoms with E-state index in [2.05, 4.69) is 6.07 Å². The number of carbonyl (C=O) groups excluding carboxylic acids is 1. The van der Waals surface area contributed by atoms with E-state index in [1.54, 1.807) is 17.0 Å². The molecule has 0 fully saturated rings. The average Bonchev–Trinajstić information content (AvgIpc) is 2.48. The molecule has 0 heterocycles. The molecule has 0 saturated carbocycles. The van der Waals surface area contributed by atoms with Gasteiger partial charge in [-0.25, -0.2) is 4.39 Å². The number of rotatable bonds is 5. The SMILES string of the molecule is CC(=O)c1c(F)cccc1N(CCC#N)c1ccccc1. The predicted molar refractivity (Wildman–Crippen MR) is 80.1 cm³/mol. The summed E-state index contributed by atoms with van der Waals surface area (Å²) < 4.78 is 14.0. The minimum absolute atomic E-state index is 0.0549. The number of Topliss-reactive ketones (excluding diaryl/α,β-unsaturated/α-hetero) is 1. The Balaban J connectivity index is 2.55. The number of para-hydroxylation sites is 1. The molecular formula is C17H15FN2O. The maximum absolute atomic E-state index is 14.0. The third kappa shape index (κ3) is 3.26. The van der Waals surface area contributed by atoms with Gasteiger partial charge in [-0.15, -0.1) is 0 Å². The van der Waals surface area contributed by atoms with Crippen molar-refractivity contribution in [3.63, 3.8) is 0 Å². The number of hydrogen-bond donors (Lipinski definition) is 0. The number of nitriles is 1. The van der Waals surface area contributed by atoms with Crippen LogP contribution >= 0.6 is 0 Å². The molecule has 0 aliphatic rings. The van der Waals surface area contributed by atoms with Gasteiger partial charge in [-0.3, -0.25) is 4.79 Å². The van der Waals surface area contributed by atoms with Crippen LogP contribution in [0.2, 0.25) is 0 Å². The molecule has 0 saturated heterocycles. The molecule has 0 aliphatic heterocycles. The van der Waals surface area contributed by atoms with Crippen LogP contribution in [0.4, 0.5) is 15.8 Å². The van der Waals surface area contributed by atoms with E-state index in [4.69, 9.17) is 5.26 Å². The number of benzene rings is 2. The first-order valence-corrected chi connectivity index (χ1v) is 6.64. The lowest BCUT2D eigenvalue weighted by Crippen LogP contribution is -2.21. The highest BCUT2D eigenvalue weighted by Gasteiger charge is 2.19. The van der Waals surface area contributed by atoms with Crippen molar-refractivity contribution in [1.82, 2.24) is 0 Å². The fourth-order valence-corrected chi connectivity index (χ4v) is 2.24. The van der Waals surface area contributed by atoms with Crippen molar-refractivity contribution in [3.8, 4) is 6.07 Å². The van der Waals surface area contributed by atoms with E-state index in [0.29, 0.717) is 12.2 Å². The molecule has 0 aromatic heterocycles. The van der Waals surface area contributed by atoms with Crippen molar-refractivity contribution in [2.24, 2.45) is 0 Å². The van der Waals surface area contributed by atoms with Crippen molar-refractivity contribution in [1.29, 1.82) is 5.26 Å². The summed E-state index contributed by atoms with van der Waals surface area (Å²) in [5, 5.41) is 8.82. The smallest absolute Gasteiger partial charge is 0.164 e. The molecule has 0 bridgehead atoms. The third-order valence-electron chi connectivity index (χ3n) is 3.15. The second kappa shape index (κ2) is 6.67. The van der Waals surface area contributed by atoms with Gasteiger partial charge in [0.2, 0.25) is 0 Å². The molecule has 2 aromatic rings. The van der Waals surface area contributed by atoms with Gasteiger partial charge in [0.1, 0.15) is 5.82 Å². The zero-order chi connectivity index (χ0) is 15.2. The monoisotopic (exact) mass is 282 g/mol. The maximum atomic E-state index is 14.0. The molecule has 2 aromatic carbocycles. The Morgan fingerprint density at radius 3 is 2.52 bits per heavy atom. The van der Waals surface area contributed by atoms with E-state index < -0.39 is 5.82 Å². The summed E-state index contributed by atoms with van der Waals surface area (Å²) in [7, 11) is 0. The molecule has 0 atom stereocenters. The minimum atomic E-state index is -0.544. The van der Waals surface area contributed by atoms with Gasteiger partial charge < -0.3 is 4.90 Å². The van der Waals surface area contributed by atoms with Gasteiger partial charge in [0.25, 0.3) is 0 Å². The second-order valence-electron chi connectivity index (χ2n) is 4.59. The van der Waals surface area contributed by atoms with E-state index >= 15 is 0 Å². The predicted octanol–water partition coefficient (Wildman–Crippen LogP) is 4.08. The third-order valence-corrected chi connectivity index (χ3v) is 3.15. The molecule has 106 valence electrons. The number of hydrogen-bond acceptors (Lipinski definition) is 3. The first-order chi connectivity index (χ1) is 10.1. The minimum Gasteiger partial charge on any atom is -0.340 e. The summed E-state index contributed by atoms with van der Waals surface area (Å²) in [5.41, 5.74) is 1.36. The Labute approximate surface area is 123 Å². The van der Waals surface area contributed by atoms with Gasteiger partial charge in [0.15, 0.2) is 5.78 Å². The lowest BCUT2D eigenvalue weighted by atomic mass is 10.1. The summed E-state index contributed by atoms with van der Waals surface area (Å²) in [6.07, 6.45) is 0.281. The fraction of sp³-hybridized carbons (Fsp3) is 0.176. The Kier molecular flexibility index (Phi) is 4.68. The number of carbonyl (C=O) groups is 1. The molecular weight excluding hydrogens is 267 g/mol. The van der Waals surface area contributed by atoms with Crippen LogP contribution < -0.4 is 4.90 Å². The summed E-state index contributed by atoms with van der Waals surface area (Å²) in [4.78, 5) is 13.6. The summed E-state index contributed by atoms with van der Waals surface area (Å²) in [5.74, 6) is -0.876. The average molecular weight is 282 g/mol. The highest BCUT2D eigenvalue weighted by molar-refractivity contribution is 6.00. The van der Waals surface area contributed by atoms with Crippen molar-refractivity contribution in [2.75, 3.05) is 11.4 Å². The molecule has 0 amide bonds. The van der Waals surface area contributed by atoms with Gasteiger partial charge >= 0.3 is 0 Å². The summed E-state index contributed by atoms with van der Waals surface area (Å²) in [6, 6.07) is 16.0. The quantitative estimate of drug-likeness (QED) is 0.776. The number of halogens is 1. The molecule has 0 N–H and O–H groups in total. The normalized spacial score (nSPS) is 9.95. The van der Waals surface area contributed by atoms with Crippen molar-refractivity contribution in [3.05, 3.63) is 59.9 Å². The van der Waals surface area contributed by atoms with Crippen LogP contribution in [-0.2, 0) is 0 Å². The number of nitrogens with zero attached hydrogens (tertiary/aromatic N) is 2. The fourth-order valence-electron chi connectivity index (χ4n) is 2.24. The molecule has 21 heavy (non-hydrogen) atoms. The van der Waals surface area contributed by atoms with E-state index in [1.165, 1.54) is 13.0 Å². The standard InChI is InChI=1S/C17H15FN2O/c1-13(21)17-15(18)9-5-10-16(17)20(12-6-11-19)14-7-3-2-4-8-14/h2-5,7-10H,6,12H2,1H3. The second-order valence-corrected chi connectivity index (χ2v) is 4.59. The van der Waals surface area contributed by atoms with Gasteiger partial charge in [-0.2, -0.15) is 5.26 Å². The highest BCUT2D eigenvalue weighted by atomic mass is 19.1. The molecule has 4 heteroatoms. The molecule has 0 unspecified atom stereocenters. The summed E-state index contributed by atoms with van der Waals surface area (Å²) in [6.45, 7) is 1.74. The molecule has 0 aliphatic carbocycles. The van der Waals surface area contributed by atoms with Gasteiger partial charge in [0, 0.05) is 12.2 Å². The van der Waals surface area contributed by atoms with Crippen LogP contribution in [0.5, 0.6) is 0 Å². The van der Waals surface area contributed by atoms with Crippen molar-refractivity contribution >= 4 is 17.2 Å². The zero-order valence-electron chi connectivity index (χ0n) is 11.7. The van der Waals surface area contributed by atoms with E-state index in [-0.39, 0.29) is 17.8 Å². The van der Waals surface area contributed by atoms with E-state index in [1.807, 2.05) is 30.3 Å². The molecule has 0 radical (unpaired) electrons. The van der Waals surface area contributed by atoms with Gasteiger partial charge in [-0.1, -0.05) is 24.3 Å². The van der Waals surface area contributed by atoms with Crippen LogP contribution in [0.1, 0.15) is 23.7 Å². The van der Waals surface area contributed by atoms with Crippen molar-refractivity contribution < 1.29 is 9.18 Å². The number of anilines is 2. The van der Waals surface area contributed by atoms with Crippen LogP contribution in [0.15, 0.2) is 48.5 Å². The molecule has 2 rings (SSSR count). The molecule has 3 nitrogen and oxygen atoms in total. The first-order valence-electron chi connectivity index (χ1n) is 6.64. The lowest BCUT2D eigenvalue weighted by Gasteiger charge is -2.26. The van der Waals surface area contributed by atoms with Crippen LogP contribution in [0, 0.1) is 17.1 Å². The van der Waals surface area contributed by atoms with Crippen molar-refractivity contribution in [2.45, 2.75) is 13.3 Å². The van der Waals surface area contributed by atoms with Crippen LogP contribution in [-0.4, -0.2) is 12.3 Å². The Bertz CT molecular complexity index is 677. The molecule has 0 spiro atoms. The largest absolute Gasteiger partial charge is 0.340 e. The topological polar surface area (TPSA) is 44.1 Å². The first kappa shape index (κ1) is 14.7. The van der Waals surface area contributed by atoms with Gasteiger partial charge in [-0.05, 0) is 31.2 Å². The van der Waals surface area contributed by atoms with E-state index in [9.17, 15) is 9.18 Å². The highest BCUT2D eigenvalue weighted by Crippen LogP contribution is 2.30. The Hall–Kier alpha value is -2.67. The summed E-state index contributed by atoms with van der Waals surface area (Å²) >= 11 is 0. The van der Waals surface area contributed by atoms with E-state index in [0.717, 1.165) is 5.69 Å². The number of ketones is 1. The maximum Gasteiger partial charge on any atom is 0.164 e. The Morgan fingerprint density at radius 1 is 1.19 bits per heavy atom. The van der Waals surface area contributed by atoms with Crippen LogP contribution in [0.25, 0.3) is 0 Å². The Morgan fingerprint density at radius 2 is 1.90 bits per heavy atom.